The number of carbonyl (C=O) groups excluding carboxylic acids is 1. The maximum Gasteiger partial charge on any atom is 0.269 e. The van der Waals surface area contributed by atoms with Crippen molar-refractivity contribution in [3.05, 3.63) is 69.2 Å². The molecular weight excluding hydrogens is 384 g/mol. The van der Waals surface area contributed by atoms with Crippen LogP contribution in [0.25, 0.3) is 0 Å². The van der Waals surface area contributed by atoms with E-state index in [1.54, 1.807) is 24.3 Å². The third-order valence-electron chi connectivity index (χ3n) is 3.05. The predicted octanol–water partition coefficient (Wildman–Crippen LogP) is 1.68. The number of hydrogen-bond donors (Lipinski definition) is 2. The summed E-state index contributed by atoms with van der Waals surface area (Å²) in [6.45, 7) is -0.544. The van der Waals surface area contributed by atoms with Crippen molar-refractivity contribution in [1.82, 2.24) is 10.1 Å². The Labute approximate surface area is 153 Å². The van der Waals surface area contributed by atoms with Gasteiger partial charge in [-0.05, 0) is 29.8 Å². The number of sulfonamides is 1. The molecule has 0 aromatic heterocycles. The highest BCUT2D eigenvalue weighted by Crippen LogP contribution is 2.15. The molecule has 0 radical (unpaired) electrons. The molecule has 9 nitrogen and oxygen atoms in total. The van der Waals surface area contributed by atoms with Crippen LogP contribution >= 0.6 is 11.6 Å². The Morgan fingerprint density at radius 1 is 1.15 bits per heavy atom. The van der Waals surface area contributed by atoms with Gasteiger partial charge in [0.15, 0.2) is 0 Å². The Morgan fingerprint density at radius 3 is 2.35 bits per heavy atom. The van der Waals surface area contributed by atoms with Crippen molar-refractivity contribution in [2.24, 2.45) is 5.10 Å². The fraction of sp³-hybridized carbons (Fsp3) is 0.0667. The molecule has 0 atom stereocenters. The lowest BCUT2D eigenvalue weighted by atomic mass is 10.2. The number of nitrogens with one attached hydrogen (secondary N) is 2. The van der Waals surface area contributed by atoms with Gasteiger partial charge in [-0.25, -0.2) is 18.6 Å². The van der Waals surface area contributed by atoms with Gasteiger partial charge in [0.1, 0.15) is 0 Å². The molecule has 0 unspecified atom stereocenters. The van der Waals surface area contributed by atoms with E-state index in [2.05, 4.69) is 15.2 Å². The van der Waals surface area contributed by atoms with E-state index in [-0.39, 0.29) is 10.6 Å². The molecule has 0 spiro atoms. The first-order valence-corrected chi connectivity index (χ1v) is 8.95. The zero-order chi connectivity index (χ0) is 19.2. The van der Waals surface area contributed by atoms with Gasteiger partial charge in [-0.2, -0.15) is 5.10 Å². The molecule has 0 aliphatic heterocycles. The number of carbonyl (C=O) groups is 1. The predicted molar refractivity (Wildman–Crippen MR) is 95.5 cm³/mol. The van der Waals surface area contributed by atoms with E-state index < -0.39 is 27.4 Å². The standard InChI is InChI=1S/C15H13ClN4O5S/c16-12-3-1-11(2-4-12)9-17-19-15(21)10-18-26(24,25)14-7-5-13(6-8-14)20(22)23/h1-9,18H,10H2,(H,19,21). The number of rotatable bonds is 7. The molecule has 1 amide bonds. The average Bonchev–Trinajstić information content (AvgIpc) is 2.62. The summed E-state index contributed by atoms with van der Waals surface area (Å²) in [5.41, 5.74) is 2.63. The van der Waals surface area contributed by atoms with Crippen molar-refractivity contribution in [3.8, 4) is 0 Å². The summed E-state index contributed by atoms with van der Waals surface area (Å²) in [6, 6.07) is 11.0. The minimum absolute atomic E-state index is 0.194. The summed E-state index contributed by atoms with van der Waals surface area (Å²) in [6.07, 6.45) is 1.37. The lowest BCUT2D eigenvalue weighted by Crippen LogP contribution is -2.34. The normalized spacial score (nSPS) is 11.4. The molecule has 0 bridgehead atoms. The largest absolute Gasteiger partial charge is 0.272 e. The fourth-order valence-corrected chi connectivity index (χ4v) is 2.87. The smallest absolute Gasteiger partial charge is 0.269 e. The Morgan fingerprint density at radius 2 is 1.77 bits per heavy atom. The molecule has 0 aliphatic rings. The zero-order valence-electron chi connectivity index (χ0n) is 13.1. The third-order valence-corrected chi connectivity index (χ3v) is 4.72. The van der Waals surface area contributed by atoms with Crippen molar-refractivity contribution in [2.45, 2.75) is 4.90 Å². The van der Waals surface area contributed by atoms with E-state index in [9.17, 15) is 23.3 Å². The van der Waals surface area contributed by atoms with E-state index >= 15 is 0 Å². The molecule has 0 fully saturated rings. The zero-order valence-corrected chi connectivity index (χ0v) is 14.7. The highest BCUT2D eigenvalue weighted by Gasteiger charge is 2.16. The van der Waals surface area contributed by atoms with Crippen LogP contribution in [0, 0.1) is 10.1 Å². The molecule has 0 saturated heterocycles. The van der Waals surface area contributed by atoms with Crippen LogP contribution in [0.1, 0.15) is 5.56 Å². The van der Waals surface area contributed by atoms with Crippen LogP contribution in [0.5, 0.6) is 0 Å². The summed E-state index contributed by atoms with van der Waals surface area (Å²) >= 11 is 5.74. The second-order valence-corrected chi connectivity index (χ2v) is 7.12. The lowest BCUT2D eigenvalue weighted by Gasteiger charge is -2.05. The number of nitrogens with zero attached hydrogens (tertiary/aromatic N) is 2. The molecule has 2 N–H and O–H groups in total. The molecule has 11 heteroatoms. The molecular formula is C15H13ClN4O5S. The number of nitro benzene ring substituents is 1. The lowest BCUT2D eigenvalue weighted by molar-refractivity contribution is -0.384. The highest BCUT2D eigenvalue weighted by atomic mass is 35.5. The fourth-order valence-electron chi connectivity index (χ4n) is 1.76. The van der Waals surface area contributed by atoms with Crippen molar-refractivity contribution in [2.75, 3.05) is 6.54 Å². The SMILES string of the molecule is O=C(CNS(=O)(=O)c1ccc([N+](=O)[O-])cc1)NN=Cc1ccc(Cl)cc1. The van der Waals surface area contributed by atoms with E-state index in [4.69, 9.17) is 11.6 Å². The number of hydrogen-bond acceptors (Lipinski definition) is 6. The second-order valence-electron chi connectivity index (χ2n) is 4.92. The van der Waals surface area contributed by atoms with Crippen LogP contribution in [0.2, 0.25) is 5.02 Å². The molecule has 2 rings (SSSR count). The van der Waals surface area contributed by atoms with Gasteiger partial charge in [-0.3, -0.25) is 14.9 Å². The number of benzene rings is 2. The molecule has 0 aliphatic carbocycles. The van der Waals surface area contributed by atoms with Gasteiger partial charge >= 0.3 is 0 Å². The maximum atomic E-state index is 12.0. The van der Waals surface area contributed by atoms with Gasteiger partial charge in [-0.15, -0.1) is 0 Å². The minimum Gasteiger partial charge on any atom is -0.272 e. The molecule has 2 aromatic rings. The van der Waals surface area contributed by atoms with Gasteiger partial charge < -0.3 is 0 Å². The molecule has 26 heavy (non-hydrogen) atoms. The van der Waals surface area contributed by atoms with Crippen LogP contribution in [-0.4, -0.2) is 32.0 Å². The molecule has 0 saturated carbocycles. The molecule has 2 aromatic carbocycles. The Kier molecular flexibility index (Phi) is 6.39. The van der Waals surface area contributed by atoms with E-state index in [0.29, 0.717) is 10.6 Å². The Hall–Kier alpha value is -2.82. The summed E-state index contributed by atoms with van der Waals surface area (Å²) in [7, 11) is -3.98. The summed E-state index contributed by atoms with van der Waals surface area (Å²) in [5, 5.41) is 14.8. The van der Waals surface area contributed by atoms with E-state index in [0.717, 1.165) is 24.3 Å². The average molecular weight is 397 g/mol. The summed E-state index contributed by atoms with van der Waals surface area (Å²) in [4.78, 5) is 21.4. The first kappa shape index (κ1) is 19.5. The quantitative estimate of drug-likeness (QED) is 0.417. The van der Waals surface area contributed by atoms with Crippen molar-refractivity contribution in [1.29, 1.82) is 0 Å². The van der Waals surface area contributed by atoms with E-state index in [1.807, 2.05) is 0 Å². The molecule has 136 valence electrons. The first-order valence-electron chi connectivity index (χ1n) is 7.09. The third kappa shape index (κ3) is 5.62. The van der Waals surface area contributed by atoms with Gasteiger partial charge in [0.05, 0.1) is 22.6 Å². The van der Waals surface area contributed by atoms with Crippen molar-refractivity contribution < 1.29 is 18.1 Å². The van der Waals surface area contributed by atoms with Crippen molar-refractivity contribution in [3.63, 3.8) is 0 Å². The minimum atomic E-state index is -3.98. The monoisotopic (exact) mass is 396 g/mol. The summed E-state index contributed by atoms with van der Waals surface area (Å²) in [5.74, 6) is -0.680. The van der Waals surface area contributed by atoms with Crippen LogP contribution in [0.3, 0.4) is 0 Å². The van der Waals surface area contributed by atoms with Gasteiger partial charge in [0, 0.05) is 17.2 Å². The number of amides is 1. The van der Waals surface area contributed by atoms with Gasteiger partial charge in [-0.1, -0.05) is 23.7 Å². The van der Waals surface area contributed by atoms with Crippen LogP contribution < -0.4 is 10.1 Å². The highest BCUT2D eigenvalue weighted by molar-refractivity contribution is 7.89. The maximum absolute atomic E-state index is 12.0. The summed E-state index contributed by atoms with van der Waals surface area (Å²) < 4.78 is 26.1. The van der Waals surface area contributed by atoms with Crippen LogP contribution in [0.15, 0.2) is 58.5 Å². The number of nitro groups is 1. The second kappa shape index (κ2) is 8.52. The Balaban J connectivity index is 1.89. The number of halogens is 1. The van der Waals surface area contributed by atoms with Crippen LogP contribution in [-0.2, 0) is 14.8 Å². The van der Waals surface area contributed by atoms with Crippen molar-refractivity contribution >= 4 is 39.4 Å². The number of hydrazone groups is 1. The van der Waals surface area contributed by atoms with Gasteiger partial charge in [0.25, 0.3) is 11.6 Å². The molecule has 0 heterocycles. The topological polar surface area (TPSA) is 131 Å². The van der Waals surface area contributed by atoms with Crippen LogP contribution in [0.4, 0.5) is 5.69 Å². The Bertz CT molecular complexity index is 928. The van der Waals surface area contributed by atoms with E-state index in [1.165, 1.54) is 6.21 Å². The first-order chi connectivity index (χ1) is 12.3. The van der Waals surface area contributed by atoms with Gasteiger partial charge in [0.2, 0.25) is 10.0 Å². The number of non-ortho nitro benzene ring substituents is 1.